The first-order valence-corrected chi connectivity index (χ1v) is 14.3. The van der Waals surface area contributed by atoms with Gasteiger partial charge in [-0.3, -0.25) is 0 Å². The Labute approximate surface area is 215 Å². The lowest BCUT2D eigenvalue weighted by atomic mass is 9.76. The molecule has 36 heavy (non-hydrogen) atoms. The Morgan fingerprint density at radius 1 is 0.611 bits per heavy atom. The van der Waals surface area contributed by atoms with Crippen molar-refractivity contribution in [1.82, 2.24) is 4.57 Å². The number of aromatic nitrogens is 2. The zero-order valence-electron chi connectivity index (χ0n) is 21.3. The van der Waals surface area contributed by atoms with Crippen molar-refractivity contribution in [2.75, 3.05) is 0 Å². The van der Waals surface area contributed by atoms with E-state index < -0.39 is 0 Å². The van der Waals surface area contributed by atoms with E-state index in [1.54, 1.807) is 16.7 Å². The van der Waals surface area contributed by atoms with Gasteiger partial charge in [0.1, 0.15) is 18.4 Å². The third-order valence-electron chi connectivity index (χ3n) is 9.09. The van der Waals surface area contributed by atoms with Crippen LogP contribution in [0.2, 0.25) is 0 Å². The SMILES string of the molecule is c1ccc(-n2c(-c3c(C4CCCCC4)cccc3C3CCCCC3)c[n+]3c2-c2ccccc2C3)cc1. The Morgan fingerprint density at radius 2 is 1.22 bits per heavy atom. The van der Waals surface area contributed by atoms with Gasteiger partial charge < -0.3 is 0 Å². The van der Waals surface area contributed by atoms with E-state index in [4.69, 9.17) is 0 Å². The molecule has 0 bridgehead atoms. The first-order valence-electron chi connectivity index (χ1n) is 14.3. The highest BCUT2D eigenvalue weighted by Crippen LogP contribution is 2.46. The van der Waals surface area contributed by atoms with Gasteiger partial charge in [0.05, 0.1) is 5.56 Å². The van der Waals surface area contributed by atoms with E-state index in [1.165, 1.54) is 92.5 Å². The molecular weight excluding hydrogens is 436 g/mol. The van der Waals surface area contributed by atoms with E-state index in [9.17, 15) is 0 Å². The van der Waals surface area contributed by atoms with Crippen molar-refractivity contribution in [3.8, 4) is 28.3 Å². The second-order valence-corrected chi connectivity index (χ2v) is 11.3. The van der Waals surface area contributed by atoms with Crippen LogP contribution in [0.25, 0.3) is 28.3 Å². The molecule has 1 aliphatic heterocycles. The number of hydrogen-bond acceptors (Lipinski definition) is 0. The highest BCUT2D eigenvalue weighted by atomic mass is 15.2. The van der Waals surface area contributed by atoms with Gasteiger partial charge in [-0.1, -0.05) is 93.1 Å². The molecule has 0 saturated heterocycles. The Morgan fingerprint density at radius 3 is 1.89 bits per heavy atom. The molecule has 2 heteroatoms. The molecule has 2 fully saturated rings. The molecule has 0 spiro atoms. The van der Waals surface area contributed by atoms with Gasteiger partial charge in [0.15, 0.2) is 5.69 Å². The van der Waals surface area contributed by atoms with E-state index in [0.717, 1.165) is 6.54 Å². The summed E-state index contributed by atoms with van der Waals surface area (Å²) in [5.74, 6) is 2.70. The van der Waals surface area contributed by atoms with Gasteiger partial charge in [-0.2, -0.15) is 4.57 Å². The molecular formula is C34H37N2+. The van der Waals surface area contributed by atoms with Gasteiger partial charge in [-0.05, 0) is 66.8 Å². The van der Waals surface area contributed by atoms with Gasteiger partial charge >= 0.3 is 0 Å². The molecule has 0 radical (unpaired) electrons. The predicted molar refractivity (Wildman–Crippen MR) is 148 cm³/mol. The molecule has 0 amide bonds. The van der Waals surface area contributed by atoms with Gasteiger partial charge in [0.2, 0.25) is 0 Å². The highest BCUT2D eigenvalue weighted by molar-refractivity contribution is 5.75. The van der Waals surface area contributed by atoms with Crippen LogP contribution in [0.5, 0.6) is 0 Å². The smallest absolute Gasteiger partial charge is 0.225 e. The average molecular weight is 474 g/mol. The molecule has 4 aromatic rings. The van der Waals surface area contributed by atoms with Crippen LogP contribution in [0.4, 0.5) is 0 Å². The van der Waals surface area contributed by atoms with Crippen molar-refractivity contribution in [3.05, 3.63) is 95.7 Å². The molecule has 1 aromatic heterocycles. The normalized spacial score (nSPS) is 18.2. The maximum Gasteiger partial charge on any atom is 0.295 e. The molecule has 0 N–H and O–H groups in total. The summed E-state index contributed by atoms with van der Waals surface area (Å²) in [6.07, 6.45) is 16.1. The lowest BCUT2D eigenvalue weighted by molar-refractivity contribution is -0.670. The van der Waals surface area contributed by atoms with Crippen LogP contribution in [0.15, 0.2) is 79.0 Å². The van der Waals surface area contributed by atoms with E-state index in [-0.39, 0.29) is 0 Å². The van der Waals surface area contributed by atoms with Crippen LogP contribution in [-0.4, -0.2) is 4.57 Å². The fourth-order valence-electron chi connectivity index (χ4n) is 7.37. The van der Waals surface area contributed by atoms with Crippen molar-refractivity contribution in [1.29, 1.82) is 0 Å². The minimum atomic E-state index is 0.684. The third kappa shape index (κ3) is 3.74. The number of rotatable bonds is 4. The van der Waals surface area contributed by atoms with Gasteiger partial charge in [0, 0.05) is 11.1 Å². The van der Waals surface area contributed by atoms with Crippen LogP contribution in [0, 0.1) is 0 Å². The minimum absolute atomic E-state index is 0.684. The number of benzene rings is 3. The first-order chi connectivity index (χ1) is 17.9. The quantitative estimate of drug-likeness (QED) is 0.231. The summed E-state index contributed by atoms with van der Waals surface area (Å²) >= 11 is 0. The minimum Gasteiger partial charge on any atom is -0.225 e. The lowest BCUT2D eigenvalue weighted by Gasteiger charge is -2.29. The monoisotopic (exact) mass is 473 g/mol. The standard InChI is InChI=1S/C34H37N2/c1-4-13-25(14-5-1)29-21-12-22-30(26-15-6-2-7-16-26)33(29)32-24-35-23-27-17-10-11-20-31(27)34(35)36(32)28-18-8-3-9-19-28/h3,8-12,17-22,24-26H,1-2,4-7,13-16,23H2/q+1. The Bertz CT molecular complexity index is 1330. The number of fused-ring (bicyclic) bond motifs is 3. The molecule has 0 atom stereocenters. The van der Waals surface area contributed by atoms with E-state index >= 15 is 0 Å². The molecule has 2 aliphatic carbocycles. The maximum absolute atomic E-state index is 2.58. The molecule has 2 nitrogen and oxygen atoms in total. The van der Waals surface area contributed by atoms with E-state index in [0.29, 0.717) is 11.8 Å². The highest BCUT2D eigenvalue weighted by Gasteiger charge is 2.37. The summed E-state index contributed by atoms with van der Waals surface area (Å²) in [7, 11) is 0. The summed E-state index contributed by atoms with van der Waals surface area (Å²) in [5, 5.41) is 0. The van der Waals surface area contributed by atoms with Crippen molar-refractivity contribution >= 4 is 0 Å². The van der Waals surface area contributed by atoms with Gasteiger partial charge in [-0.15, -0.1) is 0 Å². The van der Waals surface area contributed by atoms with Crippen molar-refractivity contribution < 1.29 is 4.57 Å². The number of hydrogen-bond donors (Lipinski definition) is 0. The number of para-hydroxylation sites is 1. The molecule has 2 heterocycles. The predicted octanol–water partition coefficient (Wildman–Crippen LogP) is 8.56. The zero-order chi connectivity index (χ0) is 23.9. The van der Waals surface area contributed by atoms with Crippen LogP contribution in [-0.2, 0) is 6.54 Å². The Kier molecular flexibility index (Phi) is 5.76. The molecule has 3 aliphatic rings. The molecule has 3 aromatic carbocycles. The van der Waals surface area contributed by atoms with E-state index in [1.807, 2.05) is 0 Å². The third-order valence-corrected chi connectivity index (χ3v) is 9.09. The summed E-state index contributed by atoms with van der Waals surface area (Å²) in [6, 6.07) is 27.4. The molecule has 182 valence electrons. The Balaban J connectivity index is 1.50. The summed E-state index contributed by atoms with van der Waals surface area (Å²) < 4.78 is 5.09. The van der Waals surface area contributed by atoms with Crippen LogP contribution in [0.3, 0.4) is 0 Å². The van der Waals surface area contributed by atoms with Crippen molar-refractivity contribution in [2.45, 2.75) is 82.6 Å². The van der Waals surface area contributed by atoms with E-state index in [2.05, 4.69) is 88.1 Å². The second-order valence-electron chi connectivity index (χ2n) is 11.3. The topological polar surface area (TPSA) is 8.81 Å². The Hall–Kier alpha value is -3.13. The van der Waals surface area contributed by atoms with Crippen LogP contribution >= 0.6 is 0 Å². The number of nitrogens with zero attached hydrogens (tertiary/aromatic N) is 2. The summed E-state index contributed by atoms with van der Waals surface area (Å²) in [4.78, 5) is 0. The van der Waals surface area contributed by atoms with Gasteiger partial charge in [-0.25, -0.2) is 4.57 Å². The number of imidazole rings is 1. The lowest BCUT2D eigenvalue weighted by Crippen LogP contribution is -2.29. The van der Waals surface area contributed by atoms with Gasteiger partial charge in [0.25, 0.3) is 5.82 Å². The molecule has 7 rings (SSSR count). The average Bonchev–Trinajstić information content (AvgIpc) is 3.50. The fourth-order valence-corrected chi connectivity index (χ4v) is 7.37. The van der Waals surface area contributed by atoms with Crippen molar-refractivity contribution in [2.24, 2.45) is 0 Å². The first kappa shape index (κ1) is 22.1. The van der Waals surface area contributed by atoms with Crippen molar-refractivity contribution in [3.63, 3.8) is 0 Å². The second kappa shape index (κ2) is 9.39. The summed E-state index contributed by atoms with van der Waals surface area (Å²) in [6.45, 7) is 0.961. The largest absolute Gasteiger partial charge is 0.295 e. The summed E-state index contributed by atoms with van der Waals surface area (Å²) in [5.41, 5.74) is 10.2. The zero-order valence-corrected chi connectivity index (χ0v) is 21.3. The van der Waals surface area contributed by atoms with Crippen LogP contribution < -0.4 is 4.57 Å². The fraction of sp³-hybridized carbons (Fsp3) is 0.382. The molecule has 2 saturated carbocycles. The van der Waals surface area contributed by atoms with Crippen LogP contribution in [0.1, 0.15) is 92.7 Å². The maximum atomic E-state index is 2.58. The molecule has 0 unspecified atom stereocenters.